The fraction of sp³-hybridized carbons (Fsp3) is 0.667. The zero-order chi connectivity index (χ0) is 11.2. The number of likely N-dealkylation sites (tertiary alicyclic amines) is 1. The van der Waals surface area contributed by atoms with Gasteiger partial charge in [0.2, 0.25) is 0 Å². The van der Waals surface area contributed by atoms with Crippen LogP contribution in [0.15, 0.2) is 12.3 Å². The van der Waals surface area contributed by atoms with Gasteiger partial charge < -0.3 is 5.73 Å². The highest BCUT2D eigenvalue weighted by Crippen LogP contribution is 2.11. The third kappa shape index (κ3) is 3.25. The number of nitrogens with zero attached hydrogens (tertiary/aromatic N) is 3. The van der Waals surface area contributed by atoms with Gasteiger partial charge in [0.1, 0.15) is 5.82 Å². The first-order valence-corrected chi connectivity index (χ1v) is 6.12. The van der Waals surface area contributed by atoms with E-state index in [2.05, 4.69) is 14.9 Å². The summed E-state index contributed by atoms with van der Waals surface area (Å²) < 4.78 is 0. The molecule has 0 atom stereocenters. The highest BCUT2D eigenvalue weighted by molar-refractivity contribution is 5.02. The smallest absolute Gasteiger partial charge is 0.142 e. The number of aromatic nitrogens is 2. The van der Waals surface area contributed by atoms with Crippen molar-refractivity contribution in [2.24, 2.45) is 5.73 Å². The van der Waals surface area contributed by atoms with Crippen LogP contribution in [0.5, 0.6) is 0 Å². The summed E-state index contributed by atoms with van der Waals surface area (Å²) in [6, 6.07) is 1.99. The minimum Gasteiger partial charge on any atom is -0.324 e. The van der Waals surface area contributed by atoms with Crippen molar-refractivity contribution >= 4 is 0 Å². The van der Waals surface area contributed by atoms with Crippen LogP contribution in [0.3, 0.4) is 0 Å². The summed E-state index contributed by atoms with van der Waals surface area (Å²) >= 11 is 0. The van der Waals surface area contributed by atoms with Crippen LogP contribution >= 0.6 is 0 Å². The summed E-state index contributed by atoms with van der Waals surface area (Å²) in [5.41, 5.74) is 6.63. The maximum Gasteiger partial charge on any atom is 0.142 e. The van der Waals surface area contributed by atoms with Crippen molar-refractivity contribution in [3.63, 3.8) is 0 Å². The molecule has 0 bridgehead atoms. The van der Waals surface area contributed by atoms with E-state index in [1.807, 2.05) is 12.3 Å². The van der Waals surface area contributed by atoms with Crippen LogP contribution in [-0.2, 0) is 13.1 Å². The molecular formula is C12H20N4. The summed E-state index contributed by atoms with van der Waals surface area (Å²) in [6.45, 7) is 3.76. The van der Waals surface area contributed by atoms with E-state index in [1.165, 1.54) is 38.8 Å². The Labute approximate surface area is 96.9 Å². The Hall–Kier alpha value is -1.00. The van der Waals surface area contributed by atoms with Crippen molar-refractivity contribution in [2.45, 2.75) is 38.8 Å². The van der Waals surface area contributed by atoms with Crippen molar-refractivity contribution < 1.29 is 0 Å². The topological polar surface area (TPSA) is 55.0 Å². The second-order valence-electron chi connectivity index (χ2n) is 4.36. The van der Waals surface area contributed by atoms with Crippen LogP contribution in [0.4, 0.5) is 0 Å². The molecule has 0 amide bonds. The van der Waals surface area contributed by atoms with Gasteiger partial charge in [-0.1, -0.05) is 12.8 Å². The Morgan fingerprint density at radius 3 is 2.62 bits per heavy atom. The standard InChI is InChI=1S/C12H20N4/c13-9-12-14-6-5-11(15-12)10-16-7-3-1-2-4-8-16/h5-6H,1-4,7-10,13H2. The van der Waals surface area contributed by atoms with E-state index in [0.717, 1.165) is 18.1 Å². The van der Waals surface area contributed by atoms with Gasteiger partial charge >= 0.3 is 0 Å². The number of rotatable bonds is 3. The second kappa shape index (κ2) is 5.92. The minimum atomic E-state index is 0.424. The predicted octanol–water partition coefficient (Wildman–Crippen LogP) is 1.31. The Morgan fingerprint density at radius 2 is 1.94 bits per heavy atom. The molecule has 1 aromatic heterocycles. The zero-order valence-electron chi connectivity index (χ0n) is 9.73. The third-order valence-electron chi connectivity index (χ3n) is 3.03. The summed E-state index contributed by atoms with van der Waals surface area (Å²) in [7, 11) is 0. The molecule has 1 aliphatic heterocycles. The Balaban J connectivity index is 1.96. The fourth-order valence-corrected chi connectivity index (χ4v) is 2.15. The van der Waals surface area contributed by atoms with E-state index < -0.39 is 0 Å². The van der Waals surface area contributed by atoms with E-state index >= 15 is 0 Å². The zero-order valence-corrected chi connectivity index (χ0v) is 9.73. The molecule has 2 heterocycles. The minimum absolute atomic E-state index is 0.424. The highest BCUT2D eigenvalue weighted by atomic mass is 15.1. The van der Waals surface area contributed by atoms with Crippen molar-refractivity contribution in [3.05, 3.63) is 23.8 Å². The van der Waals surface area contributed by atoms with Crippen LogP contribution in [-0.4, -0.2) is 28.0 Å². The third-order valence-corrected chi connectivity index (χ3v) is 3.03. The fourth-order valence-electron chi connectivity index (χ4n) is 2.15. The molecule has 0 radical (unpaired) electrons. The molecule has 0 unspecified atom stereocenters. The largest absolute Gasteiger partial charge is 0.324 e. The van der Waals surface area contributed by atoms with Crippen LogP contribution in [0, 0.1) is 0 Å². The van der Waals surface area contributed by atoms with E-state index in [-0.39, 0.29) is 0 Å². The monoisotopic (exact) mass is 220 g/mol. The Morgan fingerprint density at radius 1 is 1.19 bits per heavy atom. The van der Waals surface area contributed by atoms with Gasteiger partial charge in [-0.3, -0.25) is 4.90 Å². The second-order valence-corrected chi connectivity index (χ2v) is 4.36. The molecule has 0 saturated carbocycles. The Kier molecular flexibility index (Phi) is 4.25. The first-order valence-electron chi connectivity index (χ1n) is 6.12. The molecule has 1 fully saturated rings. The van der Waals surface area contributed by atoms with Crippen LogP contribution in [0.1, 0.15) is 37.2 Å². The maximum absolute atomic E-state index is 5.54. The number of nitrogens with two attached hydrogens (primary N) is 1. The Bertz CT molecular complexity index is 319. The lowest BCUT2D eigenvalue weighted by Crippen LogP contribution is -2.24. The molecule has 1 aromatic rings. The van der Waals surface area contributed by atoms with E-state index in [4.69, 9.17) is 5.73 Å². The molecule has 4 nitrogen and oxygen atoms in total. The van der Waals surface area contributed by atoms with Gasteiger partial charge in [-0.2, -0.15) is 0 Å². The van der Waals surface area contributed by atoms with Crippen molar-refractivity contribution in [2.75, 3.05) is 13.1 Å². The van der Waals surface area contributed by atoms with E-state index in [9.17, 15) is 0 Å². The van der Waals surface area contributed by atoms with Crippen LogP contribution < -0.4 is 5.73 Å². The average Bonchev–Trinajstić information content (AvgIpc) is 2.58. The summed E-state index contributed by atoms with van der Waals surface area (Å²) in [6.07, 6.45) is 7.18. The maximum atomic E-state index is 5.54. The summed E-state index contributed by atoms with van der Waals surface area (Å²) in [5.74, 6) is 0.743. The van der Waals surface area contributed by atoms with Gasteiger partial charge in [0.15, 0.2) is 0 Å². The lowest BCUT2D eigenvalue weighted by molar-refractivity contribution is 0.273. The molecule has 16 heavy (non-hydrogen) atoms. The molecule has 0 aliphatic carbocycles. The number of hydrogen-bond acceptors (Lipinski definition) is 4. The van der Waals surface area contributed by atoms with Gasteiger partial charge in [-0.15, -0.1) is 0 Å². The molecule has 0 spiro atoms. The molecule has 88 valence electrons. The molecule has 1 saturated heterocycles. The van der Waals surface area contributed by atoms with Crippen LogP contribution in [0.25, 0.3) is 0 Å². The van der Waals surface area contributed by atoms with Crippen LogP contribution in [0.2, 0.25) is 0 Å². The van der Waals surface area contributed by atoms with Crippen molar-refractivity contribution in [1.82, 2.24) is 14.9 Å². The SMILES string of the molecule is NCc1nccc(CN2CCCCCC2)n1. The molecular weight excluding hydrogens is 200 g/mol. The average molecular weight is 220 g/mol. The highest BCUT2D eigenvalue weighted by Gasteiger charge is 2.10. The first-order chi connectivity index (χ1) is 7.88. The first kappa shape index (κ1) is 11.5. The molecule has 2 rings (SSSR count). The normalized spacial score (nSPS) is 18.3. The number of hydrogen-bond donors (Lipinski definition) is 1. The molecule has 1 aliphatic rings. The quantitative estimate of drug-likeness (QED) is 0.834. The van der Waals surface area contributed by atoms with Gasteiger partial charge in [0.05, 0.1) is 12.2 Å². The lowest BCUT2D eigenvalue weighted by Gasteiger charge is -2.19. The van der Waals surface area contributed by atoms with Gasteiger partial charge in [-0.25, -0.2) is 9.97 Å². The predicted molar refractivity (Wildman–Crippen MR) is 63.7 cm³/mol. The molecule has 4 heteroatoms. The molecule has 2 N–H and O–H groups in total. The van der Waals surface area contributed by atoms with Crippen molar-refractivity contribution in [1.29, 1.82) is 0 Å². The molecule has 0 aromatic carbocycles. The van der Waals surface area contributed by atoms with Crippen molar-refractivity contribution in [3.8, 4) is 0 Å². The van der Waals surface area contributed by atoms with Gasteiger partial charge in [0, 0.05) is 12.7 Å². The van der Waals surface area contributed by atoms with E-state index in [1.54, 1.807) is 0 Å². The van der Waals surface area contributed by atoms with Gasteiger partial charge in [-0.05, 0) is 32.0 Å². The van der Waals surface area contributed by atoms with Gasteiger partial charge in [0.25, 0.3) is 0 Å². The summed E-state index contributed by atoms with van der Waals surface area (Å²) in [4.78, 5) is 11.0. The summed E-state index contributed by atoms with van der Waals surface area (Å²) in [5, 5.41) is 0. The lowest BCUT2D eigenvalue weighted by atomic mass is 10.2. The van der Waals surface area contributed by atoms with E-state index in [0.29, 0.717) is 6.54 Å².